The van der Waals surface area contributed by atoms with Crippen LogP contribution in [-0.2, 0) is 22.3 Å². The molecule has 1 unspecified atom stereocenters. The van der Waals surface area contributed by atoms with Gasteiger partial charge in [-0.3, -0.25) is 14.3 Å². The van der Waals surface area contributed by atoms with Crippen molar-refractivity contribution in [3.8, 4) is 0 Å². The Morgan fingerprint density at radius 3 is 2.55 bits per heavy atom. The number of benzene rings is 1. The van der Waals surface area contributed by atoms with Crippen LogP contribution in [-0.4, -0.2) is 44.5 Å². The summed E-state index contributed by atoms with van der Waals surface area (Å²) in [5, 5.41) is 9.30. The third-order valence-corrected chi connectivity index (χ3v) is 4.42. The molecule has 3 N–H and O–H groups in total. The molecule has 0 fully saturated rings. The van der Waals surface area contributed by atoms with Crippen LogP contribution in [0.3, 0.4) is 0 Å². The van der Waals surface area contributed by atoms with E-state index >= 15 is 0 Å². The van der Waals surface area contributed by atoms with Crippen molar-refractivity contribution in [1.29, 1.82) is 0 Å². The van der Waals surface area contributed by atoms with Gasteiger partial charge in [-0.2, -0.15) is 0 Å². The molecule has 0 aromatic heterocycles. The molecule has 1 aliphatic rings. The number of rotatable bonds is 5. The molecule has 0 spiro atoms. The van der Waals surface area contributed by atoms with Crippen molar-refractivity contribution in [2.45, 2.75) is 25.4 Å². The van der Waals surface area contributed by atoms with E-state index in [9.17, 15) is 14.5 Å². The molecule has 0 bridgehead atoms. The quantitative estimate of drug-likeness (QED) is 0.703. The number of carboxylic acid groups (broad SMARTS) is 1. The lowest BCUT2D eigenvalue weighted by Crippen LogP contribution is -2.46. The zero-order chi connectivity index (χ0) is 14.8. The van der Waals surface area contributed by atoms with Crippen LogP contribution in [0.15, 0.2) is 24.3 Å². The van der Waals surface area contributed by atoms with Crippen LogP contribution in [0.25, 0.3) is 0 Å². The highest BCUT2D eigenvalue weighted by Crippen LogP contribution is 2.35. The standard InChI is InChI=1S/C13H18NO5P/c15-13(16)12-8-10-4-1-2-5-11(10)9-14(12)6-3-7-20(17,18)19/h1-2,4-5,12H,3,6-9H2,(H,15,16)(H2,17,18,19). The van der Waals surface area contributed by atoms with Crippen molar-refractivity contribution >= 4 is 13.6 Å². The van der Waals surface area contributed by atoms with Crippen molar-refractivity contribution in [3.05, 3.63) is 35.4 Å². The smallest absolute Gasteiger partial charge is 0.325 e. The van der Waals surface area contributed by atoms with Crippen molar-refractivity contribution in [1.82, 2.24) is 4.90 Å². The molecule has 1 heterocycles. The van der Waals surface area contributed by atoms with E-state index in [-0.39, 0.29) is 12.6 Å². The molecule has 110 valence electrons. The fraction of sp³-hybridized carbons (Fsp3) is 0.462. The highest BCUT2D eigenvalue weighted by atomic mass is 31.2. The van der Waals surface area contributed by atoms with Crippen LogP contribution in [0.2, 0.25) is 0 Å². The molecule has 2 rings (SSSR count). The lowest BCUT2D eigenvalue weighted by Gasteiger charge is -2.34. The second-order valence-electron chi connectivity index (χ2n) is 5.04. The van der Waals surface area contributed by atoms with E-state index in [1.165, 1.54) is 0 Å². The molecule has 20 heavy (non-hydrogen) atoms. The van der Waals surface area contributed by atoms with E-state index in [4.69, 9.17) is 9.79 Å². The van der Waals surface area contributed by atoms with Gasteiger partial charge in [-0.15, -0.1) is 0 Å². The first-order valence-corrected chi connectivity index (χ1v) is 8.25. The molecule has 0 aliphatic carbocycles. The zero-order valence-corrected chi connectivity index (χ0v) is 11.9. The lowest BCUT2D eigenvalue weighted by atomic mass is 9.94. The first-order chi connectivity index (χ1) is 9.37. The summed E-state index contributed by atoms with van der Waals surface area (Å²) < 4.78 is 10.8. The summed E-state index contributed by atoms with van der Waals surface area (Å²) >= 11 is 0. The minimum absolute atomic E-state index is 0.211. The highest BCUT2D eigenvalue weighted by molar-refractivity contribution is 7.51. The molecule has 1 atom stereocenters. The Labute approximate surface area is 117 Å². The number of nitrogens with zero attached hydrogens (tertiary/aromatic N) is 1. The fourth-order valence-corrected chi connectivity index (χ4v) is 3.09. The van der Waals surface area contributed by atoms with Gasteiger partial charge in [0.25, 0.3) is 0 Å². The van der Waals surface area contributed by atoms with E-state index in [1.807, 2.05) is 24.3 Å². The van der Waals surface area contributed by atoms with Gasteiger partial charge in [-0.1, -0.05) is 24.3 Å². The van der Waals surface area contributed by atoms with E-state index in [0.29, 0.717) is 19.5 Å². The summed E-state index contributed by atoms with van der Waals surface area (Å²) in [6, 6.07) is 7.07. The van der Waals surface area contributed by atoms with Crippen molar-refractivity contribution in [2.24, 2.45) is 0 Å². The van der Waals surface area contributed by atoms with Gasteiger partial charge in [0.1, 0.15) is 6.04 Å². The van der Waals surface area contributed by atoms with Gasteiger partial charge in [0.15, 0.2) is 0 Å². The number of carboxylic acids is 1. The van der Waals surface area contributed by atoms with Crippen LogP contribution < -0.4 is 0 Å². The van der Waals surface area contributed by atoms with E-state index in [0.717, 1.165) is 11.1 Å². The summed E-state index contributed by atoms with van der Waals surface area (Å²) in [6.45, 7) is 0.880. The minimum Gasteiger partial charge on any atom is -0.480 e. The average molecular weight is 299 g/mol. The SMILES string of the molecule is O=C(O)C1Cc2ccccc2CN1CCCP(=O)(O)O. The molecule has 0 saturated carbocycles. The third kappa shape index (κ3) is 3.90. The highest BCUT2D eigenvalue weighted by Gasteiger charge is 2.31. The number of carbonyl (C=O) groups is 1. The molecule has 1 aromatic rings. The molecule has 0 radical (unpaired) electrons. The van der Waals surface area contributed by atoms with E-state index < -0.39 is 19.6 Å². The maximum atomic E-state index is 11.3. The first-order valence-electron chi connectivity index (χ1n) is 6.45. The van der Waals surface area contributed by atoms with Crippen LogP contribution in [0, 0.1) is 0 Å². The maximum Gasteiger partial charge on any atom is 0.325 e. The molecule has 1 aliphatic heterocycles. The molecule has 1 aromatic carbocycles. The molecule has 6 nitrogen and oxygen atoms in total. The molecular formula is C13H18NO5P. The Hall–Kier alpha value is -1.20. The van der Waals surface area contributed by atoms with Crippen LogP contribution in [0.4, 0.5) is 0 Å². The van der Waals surface area contributed by atoms with Gasteiger partial charge in [-0.05, 0) is 30.5 Å². The van der Waals surface area contributed by atoms with Crippen molar-refractivity contribution in [3.63, 3.8) is 0 Å². The second-order valence-corrected chi connectivity index (χ2v) is 6.82. The average Bonchev–Trinajstić information content (AvgIpc) is 2.36. The van der Waals surface area contributed by atoms with Crippen molar-refractivity contribution < 1.29 is 24.3 Å². The molecule has 0 saturated heterocycles. The van der Waals surface area contributed by atoms with Gasteiger partial charge >= 0.3 is 13.6 Å². The Morgan fingerprint density at radius 2 is 1.95 bits per heavy atom. The van der Waals surface area contributed by atoms with Crippen LogP contribution in [0.5, 0.6) is 0 Å². The monoisotopic (exact) mass is 299 g/mol. The van der Waals surface area contributed by atoms with Crippen LogP contribution >= 0.6 is 7.60 Å². The normalized spacial score (nSPS) is 19.6. The lowest BCUT2D eigenvalue weighted by molar-refractivity contribution is -0.143. The molecule has 7 heteroatoms. The molecular weight excluding hydrogens is 281 g/mol. The molecule has 0 amide bonds. The number of hydrogen-bond donors (Lipinski definition) is 3. The second kappa shape index (κ2) is 6.06. The summed E-state index contributed by atoms with van der Waals surface area (Å²) in [5.74, 6) is -0.893. The maximum absolute atomic E-state index is 11.3. The van der Waals surface area contributed by atoms with Gasteiger partial charge < -0.3 is 14.9 Å². The third-order valence-electron chi connectivity index (χ3n) is 3.53. The Balaban J connectivity index is 2.06. The Morgan fingerprint density at radius 1 is 1.30 bits per heavy atom. The predicted molar refractivity (Wildman–Crippen MR) is 73.5 cm³/mol. The summed E-state index contributed by atoms with van der Waals surface area (Å²) in [6.07, 6.45) is 0.509. The van der Waals surface area contributed by atoms with Gasteiger partial charge in [0, 0.05) is 6.54 Å². The summed E-state index contributed by atoms with van der Waals surface area (Å²) in [7, 11) is -4.02. The number of fused-ring (bicyclic) bond motifs is 1. The fourth-order valence-electron chi connectivity index (χ4n) is 2.54. The predicted octanol–water partition coefficient (Wildman–Crippen LogP) is 1.07. The Kier molecular flexibility index (Phi) is 4.60. The minimum atomic E-state index is -4.02. The number of hydrogen-bond acceptors (Lipinski definition) is 3. The topological polar surface area (TPSA) is 98.1 Å². The van der Waals surface area contributed by atoms with E-state index in [1.54, 1.807) is 4.90 Å². The summed E-state index contributed by atoms with van der Waals surface area (Å²) in [5.41, 5.74) is 2.12. The first kappa shape index (κ1) is 15.2. The van der Waals surface area contributed by atoms with Crippen LogP contribution in [0.1, 0.15) is 17.5 Å². The largest absolute Gasteiger partial charge is 0.480 e. The van der Waals surface area contributed by atoms with Gasteiger partial charge in [-0.25, -0.2) is 0 Å². The van der Waals surface area contributed by atoms with E-state index in [2.05, 4.69) is 0 Å². The number of aliphatic carboxylic acids is 1. The van der Waals surface area contributed by atoms with Gasteiger partial charge in [0.05, 0.1) is 6.16 Å². The van der Waals surface area contributed by atoms with Gasteiger partial charge in [0.2, 0.25) is 0 Å². The van der Waals surface area contributed by atoms with Crippen molar-refractivity contribution in [2.75, 3.05) is 12.7 Å². The summed E-state index contributed by atoms with van der Waals surface area (Å²) in [4.78, 5) is 30.8. The zero-order valence-electron chi connectivity index (χ0n) is 11.0. The Bertz CT molecular complexity index is 541.